The van der Waals surface area contributed by atoms with Gasteiger partial charge in [0.2, 0.25) is 10.0 Å². The second kappa shape index (κ2) is 6.55. The van der Waals surface area contributed by atoms with Crippen molar-refractivity contribution in [2.75, 3.05) is 25.4 Å². The minimum atomic E-state index is -3.08. The molecule has 1 heterocycles. The maximum atomic E-state index is 12.3. The van der Waals surface area contributed by atoms with Gasteiger partial charge in [0.15, 0.2) is 0 Å². The quantitative estimate of drug-likeness (QED) is 0.843. The monoisotopic (exact) mass is 290 g/mol. The lowest BCUT2D eigenvalue weighted by Crippen LogP contribution is -2.44. The van der Waals surface area contributed by atoms with Crippen LogP contribution in [0, 0.1) is 11.3 Å². The molecule has 0 aromatic heterocycles. The molecule has 1 rings (SSSR count). The molecule has 1 aliphatic rings. The molecule has 0 atom stereocenters. The Hall–Kier alpha value is -0.130. The highest BCUT2D eigenvalue weighted by Crippen LogP contribution is 2.23. The van der Waals surface area contributed by atoms with Crippen LogP contribution in [0.25, 0.3) is 0 Å². The average molecular weight is 290 g/mol. The van der Waals surface area contributed by atoms with Gasteiger partial charge in [0.25, 0.3) is 0 Å². The van der Waals surface area contributed by atoms with Crippen LogP contribution in [-0.4, -0.2) is 44.2 Å². The zero-order valence-corrected chi connectivity index (χ0v) is 13.9. The van der Waals surface area contributed by atoms with Crippen LogP contribution in [0.1, 0.15) is 47.5 Å². The van der Waals surface area contributed by atoms with E-state index in [1.54, 1.807) is 4.31 Å². The minimum absolute atomic E-state index is 0.172. The van der Waals surface area contributed by atoms with Gasteiger partial charge in [0, 0.05) is 19.1 Å². The molecule has 0 spiro atoms. The molecule has 0 saturated carbocycles. The predicted molar refractivity (Wildman–Crippen MR) is 80.7 cm³/mol. The SMILES string of the molecule is CC(C)NCC1CCN(S(=O)(=O)CC(C)(C)C)CC1. The Morgan fingerprint density at radius 3 is 2.16 bits per heavy atom. The molecule has 19 heavy (non-hydrogen) atoms. The highest BCUT2D eigenvalue weighted by atomic mass is 32.2. The first-order valence-corrected chi connectivity index (χ1v) is 8.92. The van der Waals surface area contributed by atoms with Crippen molar-refractivity contribution in [1.82, 2.24) is 9.62 Å². The van der Waals surface area contributed by atoms with Gasteiger partial charge in [-0.15, -0.1) is 0 Å². The van der Waals surface area contributed by atoms with Gasteiger partial charge in [-0.05, 0) is 30.7 Å². The van der Waals surface area contributed by atoms with E-state index in [0.717, 1.165) is 19.4 Å². The third kappa shape index (κ3) is 6.23. The van der Waals surface area contributed by atoms with E-state index in [1.165, 1.54) is 0 Å². The van der Waals surface area contributed by atoms with Crippen LogP contribution >= 0.6 is 0 Å². The molecule has 1 aliphatic heterocycles. The standard InChI is InChI=1S/C14H30N2O2S/c1-12(2)15-10-13-6-8-16(9-7-13)19(17,18)11-14(3,4)5/h12-13,15H,6-11H2,1-5H3. The maximum Gasteiger partial charge on any atom is 0.214 e. The summed E-state index contributed by atoms with van der Waals surface area (Å²) in [6.07, 6.45) is 1.95. The summed E-state index contributed by atoms with van der Waals surface area (Å²) in [5.41, 5.74) is -0.172. The molecule has 114 valence electrons. The Morgan fingerprint density at radius 1 is 1.21 bits per heavy atom. The minimum Gasteiger partial charge on any atom is -0.314 e. The van der Waals surface area contributed by atoms with Gasteiger partial charge >= 0.3 is 0 Å². The van der Waals surface area contributed by atoms with Gasteiger partial charge in [-0.2, -0.15) is 0 Å². The smallest absolute Gasteiger partial charge is 0.214 e. The van der Waals surface area contributed by atoms with Gasteiger partial charge in [-0.3, -0.25) is 0 Å². The van der Waals surface area contributed by atoms with Crippen LogP contribution in [0.15, 0.2) is 0 Å². The normalized spacial score (nSPS) is 20.1. The molecular weight excluding hydrogens is 260 g/mol. The molecular formula is C14H30N2O2S. The van der Waals surface area contributed by atoms with Gasteiger partial charge in [-0.1, -0.05) is 34.6 Å². The summed E-state index contributed by atoms with van der Waals surface area (Å²) in [5.74, 6) is 0.859. The summed E-state index contributed by atoms with van der Waals surface area (Å²) in [7, 11) is -3.08. The van der Waals surface area contributed by atoms with Gasteiger partial charge in [0.1, 0.15) is 0 Å². The van der Waals surface area contributed by atoms with Gasteiger partial charge in [0.05, 0.1) is 5.75 Å². The first-order chi connectivity index (χ1) is 8.60. The Morgan fingerprint density at radius 2 is 1.74 bits per heavy atom. The van der Waals surface area contributed by atoms with Gasteiger partial charge in [-0.25, -0.2) is 12.7 Å². The van der Waals surface area contributed by atoms with Crippen molar-refractivity contribution >= 4 is 10.0 Å². The molecule has 0 bridgehead atoms. The summed E-state index contributed by atoms with van der Waals surface area (Å²) in [4.78, 5) is 0. The molecule has 0 radical (unpaired) electrons. The van der Waals surface area contributed by atoms with Crippen molar-refractivity contribution in [3.63, 3.8) is 0 Å². The zero-order valence-electron chi connectivity index (χ0n) is 13.1. The van der Waals surface area contributed by atoms with E-state index < -0.39 is 10.0 Å². The number of nitrogens with one attached hydrogen (secondary N) is 1. The third-order valence-corrected chi connectivity index (χ3v) is 5.78. The zero-order chi connectivity index (χ0) is 14.7. The molecule has 0 aromatic carbocycles. The number of piperidine rings is 1. The summed E-state index contributed by atoms with van der Waals surface area (Å²) in [6.45, 7) is 12.6. The molecule has 0 amide bonds. The van der Waals surface area contributed by atoms with Crippen LogP contribution < -0.4 is 5.32 Å². The first kappa shape index (κ1) is 16.9. The molecule has 0 aromatic rings. The lowest BCUT2D eigenvalue weighted by atomic mass is 9.98. The summed E-state index contributed by atoms with van der Waals surface area (Å²) in [5, 5.41) is 3.44. The highest BCUT2D eigenvalue weighted by Gasteiger charge is 2.31. The molecule has 5 heteroatoms. The maximum absolute atomic E-state index is 12.3. The largest absolute Gasteiger partial charge is 0.314 e. The molecule has 1 N–H and O–H groups in total. The van der Waals surface area contributed by atoms with E-state index in [2.05, 4.69) is 19.2 Å². The van der Waals surface area contributed by atoms with E-state index in [-0.39, 0.29) is 11.2 Å². The van der Waals surface area contributed by atoms with E-state index in [4.69, 9.17) is 0 Å². The predicted octanol–water partition coefficient (Wildman–Crippen LogP) is 2.07. The second-order valence-electron chi connectivity index (χ2n) is 7.22. The summed E-state index contributed by atoms with van der Waals surface area (Å²) >= 11 is 0. The summed E-state index contributed by atoms with van der Waals surface area (Å²) < 4.78 is 26.3. The third-order valence-electron chi connectivity index (χ3n) is 3.40. The fourth-order valence-electron chi connectivity index (χ4n) is 2.43. The van der Waals surface area contributed by atoms with Crippen molar-refractivity contribution in [2.24, 2.45) is 11.3 Å². The Labute approximate surface area is 119 Å². The number of hydrogen-bond acceptors (Lipinski definition) is 3. The first-order valence-electron chi connectivity index (χ1n) is 7.31. The van der Waals surface area contributed by atoms with Crippen LogP contribution in [0.5, 0.6) is 0 Å². The number of rotatable bonds is 5. The Balaban J connectivity index is 2.45. The van der Waals surface area contributed by atoms with Crippen LogP contribution in [-0.2, 0) is 10.0 Å². The number of hydrogen-bond donors (Lipinski definition) is 1. The van der Waals surface area contributed by atoms with Crippen molar-refractivity contribution in [3.05, 3.63) is 0 Å². The van der Waals surface area contributed by atoms with Crippen molar-refractivity contribution in [2.45, 2.75) is 53.5 Å². The van der Waals surface area contributed by atoms with Crippen LogP contribution in [0.3, 0.4) is 0 Å². The number of nitrogens with zero attached hydrogens (tertiary/aromatic N) is 1. The van der Waals surface area contributed by atoms with E-state index in [1.807, 2.05) is 20.8 Å². The Bertz CT molecular complexity index is 363. The van der Waals surface area contributed by atoms with Crippen molar-refractivity contribution < 1.29 is 8.42 Å². The van der Waals surface area contributed by atoms with Crippen molar-refractivity contribution in [1.29, 1.82) is 0 Å². The molecule has 4 nitrogen and oxygen atoms in total. The Kier molecular flexibility index (Phi) is 5.83. The molecule has 1 fully saturated rings. The van der Waals surface area contributed by atoms with E-state index >= 15 is 0 Å². The number of sulfonamides is 1. The second-order valence-corrected chi connectivity index (χ2v) is 9.19. The van der Waals surface area contributed by atoms with E-state index in [0.29, 0.717) is 25.0 Å². The van der Waals surface area contributed by atoms with Crippen LogP contribution in [0.4, 0.5) is 0 Å². The molecule has 0 unspecified atom stereocenters. The van der Waals surface area contributed by atoms with Gasteiger partial charge < -0.3 is 5.32 Å². The lowest BCUT2D eigenvalue weighted by molar-refractivity contribution is 0.261. The topological polar surface area (TPSA) is 49.4 Å². The fraction of sp³-hybridized carbons (Fsp3) is 1.00. The van der Waals surface area contributed by atoms with Crippen LogP contribution in [0.2, 0.25) is 0 Å². The van der Waals surface area contributed by atoms with E-state index in [9.17, 15) is 8.42 Å². The molecule has 1 saturated heterocycles. The highest BCUT2D eigenvalue weighted by molar-refractivity contribution is 7.89. The fourth-order valence-corrected chi connectivity index (χ4v) is 4.48. The van der Waals surface area contributed by atoms with Crippen molar-refractivity contribution in [3.8, 4) is 0 Å². The lowest BCUT2D eigenvalue weighted by Gasteiger charge is -2.33. The average Bonchev–Trinajstić information content (AvgIpc) is 2.23. The summed E-state index contributed by atoms with van der Waals surface area (Å²) in [6, 6.07) is 0.502. The molecule has 0 aliphatic carbocycles.